The summed E-state index contributed by atoms with van der Waals surface area (Å²) in [4.78, 5) is 0. The predicted molar refractivity (Wildman–Crippen MR) is 45.5 cm³/mol. The van der Waals surface area contributed by atoms with Gasteiger partial charge < -0.3 is 0 Å². The summed E-state index contributed by atoms with van der Waals surface area (Å²) in [5.74, 6) is 0. The van der Waals surface area contributed by atoms with Crippen molar-refractivity contribution in [1.29, 1.82) is 0 Å². The Labute approximate surface area is 87.9 Å². The van der Waals surface area contributed by atoms with Crippen molar-refractivity contribution in [3.63, 3.8) is 0 Å². The molecule has 0 aliphatic carbocycles. The van der Waals surface area contributed by atoms with Gasteiger partial charge in [0.05, 0.1) is 11.1 Å². The van der Waals surface area contributed by atoms with Gasteiger partial charge in [-0.05, 0) is 31.0 Å². The zero-order chi connectivity index (χ0) is 12.6. The topological polar surface area (TPSA) is 0 Å². The van der Waals surface area contributed by atoms with Crippen molar-refractivity contribution < 1.29 is 26.3 Å². The average Bonchev–Trinajstić information content (AvgIpc) is 2.13. The van der Waals surface area contributed by atoms with Crippen LogP contribution in [0.3, 0.4) is 0 Å². The molecule has 1 radical (unpaired) electrons. The highest BCUT2D eigenvalue weighted by molar-refractivity contribution is 5.39. The van der Waals surface area contributed by atoms with Gasteiger partial charge in [0.2, 0.25) is 0 Å². The van der Waals surface area contributed by atoms with Crippen LogP contribution in [0.4, 0.5) is 26.3 Å². The molecule has 0 atom stereocenters. The van der Waals surface area contributed by atoms with Gasteiger partial charge in [-0.25, -0.2) is 0 Å². The van der Waals surface area contributed by atoms with E-state index < -0.39 is 35.5 Å². The number of hydrogen-bond acceptors (Lipinski definition) is 0. The first-order valence-corrected chi connectivity index (χ1v) is 4.23. The number of rotatable bonds is 1. The summed E-state index contributed by atoms with van der Waals surface area (Å²) in [6, 6.07) is 1.98. The van der Waals surface area contributed by atoms with Crippen LogP contribution in [0, 0.1) is 6.92 Å². The van der Waals surface area contributed by atoms with Crippen molar-refractivity contribution in [2.75, 3.05) is 0 Å². The molecule has 0 unspecified atom stereocenters. The van der Waals surface area contributed by atoms with Crippen LogP contribution in [-0.2, 0) is 18.8 Å². The lowest BCUT2D eigenvalue weighted by Crippen LogP contribution is -2.15. The molecule has 0 nitrogen and oxygen atoms in total. The second-order valence-electron chi connectivity index (χ2n) is 3.08. The summed E-state index contributed by atoms with van der Waals surface area (Å²) in [6.45, 7) is 3.10. The van der Waals surface area contributed by atoms with E-state index in [9.17, 15) is 26.3 Å². The molecule has 0 spiro atoms. The molecule has 0 saturated heterocycles. The minimum absolute atomic E-state index is 0.565. The summed E-state index contributed by atoms with van der Waals surface area (Å²) >= 11 is 0. The van der Waals surface area contributed by atoms with E-state index in [4.69, 9.17) is 0 Å². The van der Waals surface area contributed by atoms with Crippen LogP contribution in [0.2, 0.25) is 0 Å². The number of halogens is 6. The van der Waals surface area contributed by atoms with Gasteiger partial charge in [0.1, 0.15) is 0 Å². The molecule has 0 fully saturated rings. The summed E-state index contributed by atoms with van der Waals surface area (Å²) < 4.78 is 74.5. The molecule has 1 aromatic carbocycles. The predicted octanol–water partition coefficient (Wildman–Crippen LogP) is 4.10. The highest BCUT2D eigenvalue weighted by Crippen LogP contribution is 2.39. The van der Waals surface area contributed by atoms with Gasteiger partial charge in [0, 0.05) is 0 Å². The first-order chi connectivity index (χ1) is 7.18. The van der Waals surface area contributed by atoms with E-state index >= 15 is 0 Å². The molecule has 6 heteroatoms. The molecule has 0 N–H and O–H groups in total. The van der Waals surface area contributed by atoms with Crippen LogP contribution in [-0.4, -0.2) is 0 Å². The first-order valence-electron chi connectivity index (χ1n) is 4.23. The molecule has 0 bridgehead atoms. The van der Waals surface area contributed by atoms with Gasteiger partial charge in [0.15, 0.2) is 0 Å². The van der Waals surface area contributed by atoms with Gasteiger partial charge in [-0.1, -0.05) is 6.07 Å². The second kappa shape index (κ2) is 3.99. The minimum atomic E-state index is -4.80. The first kappa shape index (κ1) is 12.9. The fourth-order valence-corrected chi connectivity index (χ4v) is 1.39. The molecule has 0 amide bonds. The van der Waals surface area contributed by atoms with Gasteiger partial charge in [-0.3, -0.25) is 0 Å². The maximum Gasteiger partial charge on any atom is 0.416 e. The Morgan fingerprint density at radius 3 is 1.50 bits per heavy atom. The van der Waals surface area contributed by atoms with Crippen molar-refractivity contribution >= 4 is 0 Å². The lowest BCUT2D eigenvalue weighted by Gasteiger charge is -2.17. The number of hydrogen-bond donors (Lipinski definition) is 0. The van der Waals surface area contributed by atoms with Crippen molar-refractivity contribution in [2.24, 2.45) is 0 Å². The molecule has 0 saturated carbocycles. The van der Waals surface area contributed by atoms with Crippen molar-refractivity contribution in [3.8, 4) is 0 Å². The van der Waals surface area contributed by atoms with Crippen molar-refractivity contribution in [2.45, 2.75) is 18.8 Å². The highest BCUT2D eigenvalue weighted by Gasteiger charge is 2.39. The van der Waals surface area contributed by atoms with Gasteiger partial charge in [-0.15, -0.1) is 0 Å². The Hall–Kier alpha value is -1.20. The van der Waals surface area contributed by atoms with E-state index in [1.807, 2.05) is 0 Å². The van der Waals surface area contributed by atoms with Crippen LogP contribution in [0.15, 0.2) is 18.2 Å². The summed E-state index contributed by atoms with van der Waals surface area (Å²) in [6.07, 6.45) is -10.2. The maximum absolute atomic E-state index is 12.4. The van der Waals surface area contributed by atoms with Crippen LogP contribution in [0.1, 0.15) is 16.7 Å². The fourth-order valence-electron chi connectivity index (χ4n) is 1.39. The molecule has 0 aromatic heterocycles. The van der Waals surface area contributed by atoms with Crippen molar-refractivity contribution in [1.82, 2.24) is 0 Å². The van der Waals surface area contributed by atoms with Crippen LogP contribution >= 0.6 is 0 Å². The highest BCUT2D eigenvalue weighted by atomic mass is 19.4. The summed E-state index contributed by atoms with van der Waals surface area (Å²) in [5, 5.41) is 0. The van der Waals surface area contributed by atoms with Crippen molar-refractivity contribution in [3.05, 3.63) is 41.8 Å². The SMILES string of the molecule is [CH2]Cc1c(C(F)(F)F)cccc1C(F)(F)F. The summed E-state index contributed by atoms with van der Waals surface area (Å²) in [5.41, 5.74) is -3.38. The van der Waals surface area contributed by atoms with Gasteiger partial charge in [-0.2, -0.15) is 26.3 Å². The second-order valence-corrected chi connectivity index (χ2v) is 3.08. The molecule has 16 heavy (non-hydrogen) atoms. The van der Waals surface area contributed by atoms with E-state index in [-0.39, 0.29) is 0 Å². The Kier molecular flexibility index (Phi) is 3.21. The molecule has 1 rings (SSSR count). The monoisotopic (exact) mass is 241 g/mol. The third kappa shape index (κ3) is 2.48. The van der Waals surface area contributed by atoms with E-state index in [2.05, 4.69) is 6.92 Å². The quantitative estimate of drug-likeness (QED) is 0.649. The van der Waals surface area contributed by atoms with E-state index in [0.717, 1.165) is 6.07 Å². The number of alkyl halides is 6. The Bertz CT molecular complexity index is 342. The van der Waals surface area contributed by atoms with E-state index in [1.54, 1.807) is 0 Å². The Morgan fingerprint density at radius 1 is 0.875 bits per heavy atom. The molecule has 0 aliphatic rings. The average molecular weight is 241 g/mol. The smallest absolute Gasteiger partial charge is 0.166 e. The largest absolute Gasteiger partial charge is 0.416 e. The Balaban J connectivity index is 3.45. The third-order valence-electron chi connectivity index (χ3n) is 2.04. The normalized spacial score (nSPS) is 12.9. The molecule has 89 valence electrons. The van der Waals surface area contributed by atoms with Gasteiger partial charge >= 0.3 is 12.4 Å². The molecule has 0 heterocycles. The molecule has 1 aromatic rings. The minimum Gasteiger partial charge on any atom is -0.166 e. The van der Waals surface area contributed by atoms with E-state index in [0.29, 0.717) is 12.1 Å². The lowest BCUT2D eigenvalue weighted by atomic mass is 9.98. The summed E-state index contributed by atoms with van der Waals surface area (Å²) in [7, 11) is 0. The van der Waals surface area contributed by atoms with Crippen LogP contribution in [0.25, 0.3) is 0 Å². The number of benzene rings is 1. The zero-order valence-electron chi connectivity index (χ0n) is 7.91. The van der Waals surface area contributed by atoms with Gasteiger partial charge in [0.25, 0.3) is 0 Å². The lowest BCUT2D eigenvalue weighted by molar-refractivity contribution is -0.144. The Morgan fingerprint density at radius 2 is 1.25 bits per heavy atom. The molecule has 0 aliphatic heterocycles. The van der Waals surface area contributed by atoms with Crippen LogP contribution in [0.5, 0.6) is 0 Å². The standard InChI is InChI=1S/C10H7F6/c1-2-6-7(9(11,12)13)4-3-5-8(6)10(14,15)16/h3-5H,1-2H2. The fraction of sp³-hybridized carbons (Fsp3) is 0.300. The zero-order valence-corrected chi connectivity index (χ0v) is 7.91. The van der Waals surface area contributed by atoms with E-state index in [1.165, 1.54) is 0 Å². The third-order valence-corrected chi connectivity index (χ3v) is 2.04. The molecular formula is C10H7F6. The van der Waals surface area contributed by atoms with Crippen LogP contribution < -0.4 is 0 Å². The maximum atomic E-state index is 12.4. The molecular weight excluding hydrogens is 234 g/mol.